The molecule has 0 unspecified atom stereocenters. The van der Waals surface area contributed by atoms with Crippen molar-refractivity contribution in [3.05, 3.63) is 48.0 Å². The van der Waals surface area contributed by atoms with Crippen molar-refractivity contribution in [3.63, 3.8) is 0 Å². The van der Waals surface area contributed by atoms with Crippen LogP contribution in [0.5, 0.6) is 0 Å². The van der Waals surface area contributed by atoms with E-state index in [2.05, 4.69) is 40.2 Å². The van der Waals surface area contributed by atoms with Gasteiger partial charge in [-0.05, 0) is 48.6 Å². The van der Waals surface area contributed by atoms with Crippen LogP contribution >= 0.6 is 0 Å². The summed E-state index contributed by atoms with van der Waals surface area (Å²) >= 11 is 0. The molecule has 2 aromatic heterocycles. The summed E-state index contributed by atoms with van der Waals surface area (Å²) in [5, 5.41) is 3.95. The third-order valence-electron chi connectivity index (χ3n) is 5.31. The number of pyridine rings is 1. The number of aromatic nitrogens is 3. The number of fused-ring (bicyclic) bond motifs is 1. The fraction of sp³-hybridized carbons (Fsp3) is 0.364. The Balaban J connectivity index is 1.61. The second-order valence-corrected chi connectivity index (χ2v) is 7.58. The second kappa shape index (κ2) is 7.54. The van der Waals surface area contributed by atoms with Gasteiger partial charge in [0.15, 0.2) is 5.65 Å². The largest absolute Gasteiger partial charge is 0.324 e. The number of carbonyl (C=O) groups excluding carboxylic acids is 1. The Morgan fingerprint density at radius 3 is 2.86 bits per heavy atom. The molecule has 1 N–H and O–H groups in total. The molecule has 0 bridgehead atoms. The first-order valence-corrected chi connectivity index (χ1v) is 9.82. The molecule has 1 aliphatic rings. The molecular formula is C22H25N5O. The van der Waals surface area contributed by atoms with Crippen molar-refractivity contribution < 1.29 is 4.79 Å². The number of likely N-dealkylation sites (tertiary alicyclic amines) is 1. The van der Waals surface area contributed by atoms with E-state index in [-0.39, 0.29) is 6.03 Å². The molecule has 3 heterocycles. The summed E-state index contributed by atoms with van der Waals surface area (Å²) in [4.78, 5) is 27.8. The lowest BCUT2D eigenvalue weighted by molar-refractivity contribution is 0.221. The first-order chi connectivity index (χ1) is 13.5. The van der Waals surface area contributed by atoms with E-state index in [1.807, 2.05) is 42.4 Å². The quantitative estimate of drug-likeness (QED) is 0.735. The van der Waals surface area contributed by atoms with Crippen LogP contribution in [-0.2, 0) is 6.42 Å². The lowest BCUT2D eigenvalue weighted by Gasteiger charge is -2.17. The van der Waals surface area contributed by atoms with Gasteiger partial charge in [-0.1, -0.05) is 19.9 Å². The third-order valence-corrected chi connectivity index (χ3v) is 5.31. The van der Waals surface area contributed by atoms with Crippen molar-refractivity contribution in [2.45, 2.75) is 33.6 Å². The van der Waals surface area contributed by atoms with Crippen LogP contribution in [0.15, 0.2) is 36.7 Å². The van der Waals surface area contributed by atoms with Crippen LogP contribution in [0, 0.1) is 12.8 Å². The number of amides is 2. The third kappa shape index (κ3) is 3.67. The normalized spacial score (nSPS) is 16.5. The summed E-state index contributed by atoms with van der Waals surface area (Å²) in [7, 11) is 0. The fourth-order valence-electron chi connectivity index (χ4n) is 3.61. The lowest BCUT2D eigenvalue weighted by Crippen LogP contribution is -2.32. The van der Waals surface area contributed by atoms with E-state index in [0.29, 0.717) is 11.6 Å². The maximum Gasteiger partial charge on any atom is 0.321 e. The summed E-state index contributed by atoms with van der Waals surface area (Å²) in [6.07, 6.45) is 5.52. The van der Waals surface area contributed by atoms with Gasteiger partial charge in [0.05, 0.1) is 0 Å². The highest BCUT2D eigenvalue weighted by Crippen LogP contribution is 2.28. The van der Waals surface area contributed by atoms with Crippen molar-refractivity contribution in [1.29, 1.82) is 0 Å². The van der Waals surface area contributed by atoms with Crippen LogP contribution < -0.4 is 5.32 Å². The minimum Gasteiger partial charge on any atom is -0.324 e. The summed E-state index contributed by atoms with van der Waals surface area (Å²) < 4.78 is 0. The maximum atomic E-state index is 12.5. The number of rotatable bonds is 3. The Morgan fingerprint density at radius 1 is 1.25 bits per heavy atom. The molecule has 1 aliphatic heterocycles. The van der Waals surface area contributed by atoms with E-state index in [4.69, 9.17) is 0 Å². The number of hydrogen-bond acceptors (Lipinski definition) is 4. The zero-order valence-electron chi connectivity index (χ0n) is 16.6. The predicted molar refractivity (Wildman–Crippen MR) is 111 cm³/mol. The van der Waals surface area contributed by atoms with Crippen molar-refractivity contribution in [3.8, 4) is 11.1 Å². The number of nitrogens with zero attached hydrogens (tertiary/aromatic N) is 4. The SMILES string of the molecule is CCc1ncc2cc(-c3cc(NC(=O)N4CC[C@@H](C)C4)ccc3C)cnc2n1. The van der Waals surface area contributed by atoms with Crippen LogP contribution in [0.2, 0.25) is 0 Å². The Kier molecular flexibility index (Phi) is 4.94. The Hall–Kier alpha value is -3.02. The molecule has 4 rings (SSSR count). The van der Waals surface area contributed by atoms with E-state index >= 15 is 0 Å². The molecule has 1 saturated heterocycles. The number of nitrogens with one attached hydrogen (secondary N) is 1. The summed E-state index contributed by atoms with van der Waals surface area (Å²) in [6.45, 7) is 7.90. The van der Waals surface area contributed by atoms with E-state index in [0.717, 1.165) is 59.5 Å². The van der Waals surface area contributed by atoms with Crippen molar-refractivity contribution in [2.24, 2.45) is 5.92 Å². The second-order valence-electron chi connectivity index (χ2n) is 7.58. The number of hydrogen-bond donors (Lipinski definition) is 1. The van der Waals surface area contributed by atoms with Crippen LogP contribution in [-0.4, -0.2) is 39.0 Å². The van der Waals surface area contributed by atoms with Gasteiger partial charge in [0.2, 0.25) is 0 Å². The van der Waals surface area contributed by atoms with Gasteiger partial charge < -0.3 is 10.2 Å². The van der Waals surface area contributed by atoms with Gasteiger partial charge in [-0.15, -0.1) is 0 Å². The highest BCUT2D eigenvalue weighted by Gasteiger charge is 2.23. The van der Waals surface area contributed by atoms with Gasteiger partial charge in [-0.2, -0.15) is 0 Å². The molecule has 0 saturated carbocycles. The zero-order chi connectivity index (χ0) is 19.7. The molecule has 0 aliphatic carbocycles. The van der Waals surface area contributed by atoms with Gasteiger partial charge in [0.1, 0.15) is 5.82 Å². The molecule has 6 heteroatoms. The number of anilines is 1. The minimum atomic E-state index is -0.0312. The number of urea groups is 1. The standard InChI is InChI=1S/C22H25N5O/c1-4-20-23-12-17-9-16(11-24-21(17)26-20)19-10-18(6-5-15(19)3)25-22(28)27-8-7-14(2)13-27/h5-6,9-12,14H,4,7-8,13H2,1-3H3,(H,25,28)/t14-/m1/s1. The van der Waals surface area contributed by atoms with Crippen LogP contribution in [0.25, 0.3) is 22.2 Å². The smallest absolute Gasteiger partial charge is 0.321 e. The van der Waals surface area contributed by atoms with Crippen LogP contribution in [0.3, 0.4) is 0 Å². The topological polar surface area (TPSA) is 71.0 Å². The van der Waals surface area contributed by atoms with Gasteiger partial charge in [-0.25, -0.2) is 19.7 Å². The summed E-state index contributed by atoms with van der Waals surface area (Å²) in [6, 6.07) is 8.00. The predicted octanol–water partition coefficient (Wildman–Crippen LogP) is 4.44. The fourth-order valence-corrected chi connectivity index (χ4v) is 3.61. The maximum absolute atomic E-state index is 12.5. The summed E-state index contributed by atoms with van der Waals surface area (Å²) in [5.74, 6) is 1.36. The van der Waals surface area contributed by atoms with Crippen molar-refractivity contribution in [1.82, 2.24) is 19.9 Å². The van der Waals surface area contributed by atoms with E-state index in [1.54, 1.807) is 0 Å². The lowest BCUT2D eigenvalue weighted by atomic mass is 10.0. The van der Waals surface area contributed by atoms with Gasteiger partial charge >= 0.3 is 6.03 Å². The number of aryl methyl sites for hydroxylation is 2. The van der Waals surface area contributed by atoms with Crippen LogP contribution in [0.1, 0.15) is 31.7 Å². The summed E-state index contributed by atoms with van der Waals surface area (Å²) in [5.41, 5.74) is 4.66. The van der Waals surface area contributed by atoms with Crippen molar-refractivity contribution in [2.75, 3.05) is 18.4 Å². The van der Waals surface area contributed by atoms with Gasteiger partial charge in [-0.3, -0.25) is 0 Å². The van der Waals surface area contributed by atoms with E-state index < -0.39 is 0 Å². The number of benzene rings is 1. The highest BCUT2D eigenvalue weighted by molar-refractivity contribution is 5.91. The molecular weight excluding hydrogens is 350 g/mol. The number of carbonyl (C=O) groups is 1. The first-order valence-electron chi connectivity index (χ1n) is 9.82. The molecule has 144 valence electrons. The Morgan fingerprint density at radius 2 is 2.11 bits per heavy atom. The van der Waals surface area contributed by atoms with E-state index in [9.17, 15) is 4.79 Å². The Labute approximate surface area is 165 Å². The monoisotopic (exact) mass is 375 g/mol. The first kappa shape index (κ1) is 18.3. The average Bonchev–Trinajstić information content (AvgIpc) is 3.15. The minimum absolute atomic E-state index is 0.0312. The van der Waals surface area contributed by atoms with Gasteiger partial charge in [0, 0.05) is 48.5 Å². The van der Waals surface area contributed by atoms with Gasteiger partial charge in [0.25, 0.3) is 0 Å². The zero-order valence-corrected chi connectivity index (χ0v) is 16.6. The molecule has 1 atom stereocenters. The molecule has 2 amide bonds. The highest BCUT2D eigenvalue weighted by atomic mass is 16.2. The molecule has 0 spiro atoms. The molecule has 1 fully saturated rings. The van der Waals surface area contributed by atoms with E-state index in [1.165, 1.54) is 0 Å². The Bertz CT molecular complexity index is 1030. The molecule has 28 heavy (non-hydrogen) atoms. The molecule has 1 aromatic carbocycles. The average molecular weight is 375 g/mol. The molecule has 0 radical (unpaired) electrons. The van der Waals surface area contributed by atoms with Crippen molar-refractivity contribution >= 4 is 22.8 Å². The molecule has 3 aromatic rings. The molecule has 6 nitrogen and oxygen atoms in total. The van der Waals surface area contributed by atoms with Crippen LogP contribution in [0.4, 0.5) is 10.5 Å².